The van der Waals surface area contributed by atoms with Gasteiger partial charge in [0.05, 0.1) is 0 Å². The van der Waals surface area contributed by atoms with E-state index in [1.54, 1.807) is 0 Å². The summed E-state index contributed by atoms with van der Waals surface area (Å²) < 4.78 is 0. The van der Waals surface area contributed by atoms with Gasteiger partial charge >= 0.3 is 0 Å². The first-order valence-electron chi connectivity index (χ1n) is 7.60. The van der Waals surface area contributed by atoms with E-state index < -0.39 is 0 Å². The predicted octanol–water partition coefficient (Wildman–Crippen LogP) is 3.93. The van der Waals surface area contributed by atoms with E-state index >= 15 is 0 Å². The number of hydrogen-bond acceptors (Lipinski definition) is 2. The molecule has 1 aliphatic carbocycles. The van der Waals surface area contributed by atoms with Crippen molar-refractivity contribution in [2.75, 3.05) is 0 Å². The topological polar surface area (TPSA) is 43.1 Å². The Labute approximate surface area is 113 Å². The SMILES string of the molecule is CCC1CCC(C(=O)CC(N)CC(C)(C)C)CC1. The Balaban J connectivity index is 2.33. The maximum absolute atomic E-state index is 12.2. The lowest BCUT2D eigenvalue weighted by Gasteiger charge is -2.28. The number of hydrogen-bond donors (Lipinski definition) is 1. The highest BCUT2D eigenvalue weighted by Gasteiger charge is 2.27. The van der Waals surface area contributed by atoms with Gasteiger partial charge in [0, 0.05) is 18.4 Å². The number of carbonyl (C=O) groups excluding carboxylic acids is 1. The number of rotatable bonds is 5. The van der Waals surface area contributed by atoms with E-state index in [0.717, 1.165) is 25.2 Å². The van der Waals surface area contributed by atoms with Crippen LogP contribution in [0.5, 0.6) is 0 Å². The van der Waals surface area contributed by atoms with Gasteiger partial charge in [0.1, 0.15) is 5.78 Å². The molecule has 2 nitrogen and oxygen atoms in total. The minimum absolute atomic E-state index is 0.0430. The molecule has 1 unspecified atom stereocenters. The van der Waals surface area contributed by atoms with E-state index in [9.17, 15) is 4.79 Å². The van der Waals surface area contributed by atoms with E-state index in [1.165, 1.54) is 19.3 Å². The fourth-order valence-electron chi connectivity index (χ4n) is 3.18. The summed E-state index contributed by atoms with van der Waals surface area (Å²) in [4.78, 5) is 12.2. The summed E-state index contributed by atoms with van der Waals surface area (Å²) in [6.07, 6.45) is 7.45. The molecule has 1 fully saturated rings. The smallest absolute Gasteiger partial charge is 0.137 e. The monoisotopic (exact) mass is 253 g/mol. The molecule has 2 N–H and O–H groups in total. The number of carbonyl (C=O) groups is 1. The second kappa shape index (κ2) is 6.70. The number of Topliss-reactive ketones (excluding diaryl/α,β-unsaturated/α-hetero) is 1. The lowest BCUT2D eigenvalue weighted by atomic mass is 9.77. The Morgan fingerprint density at radius 3 is 2.22 bits per heavy atom. The molecule has 1 aliphatic rings. The highest BCUT2D eigenvalue weighted by molar-refractivity contribution is 5.81. The lowest BCUT2D eigenvalue weighted by molar-refractivity contribution is -0.124. The van der Waals surface area contributed by atoms with Crippen LogP contribution < -0.4 is 5.73 Å². The fourth-order valence-corrected chi connectivity index (χ4v) is 3.18. The van der Waals surface area contributed by atoms with Gasteiger partial charge in [-0.25, -0.2) is 0 Å². The van der Waals surface area contributed by atoms with Crippen LogP contribution in [0.1, 0.15) is 72.6 Å². The third kappa shape index (κ3) is 5.51. The summed E-state index contributed by atoms with van der Waals surface area (Å²) in [5, 5.41) is 0. The Bertz CT molecular complexity index is 259. The third-order valence-electron chi connectivity index (χ3n) is 4.22. The average molecular weight is 253 g/mol. The van der Waals surface area contributed by atoms with Gasteiger partial charge in [-0.3, -0.25) is 4.79 Å². The maximum Gasteiger partial charge on any atom is 0.137 e. The molecular weight excluding hydrogens is 222 g/mol. The molecule has 106 valence electrons. The molecule has 0 heterocycles. The van der Waals surface area contributed by atoms with Crippen molar-refractivity contribution in [2.45, 2.75) is 78.7 Å². The first-order chi connectivity index (χ1) is 8.31. The summed E-state index contributed by atoms with van der Waals surface area (Å²) in [6.45, 7) is 8.81. The fraction of sp³-hybridized carbons (Fsp3) is 0.938. The van der Waals surface area contributed by atoms with Gasteiger partial charge in [0.25, 0.3) is 0 Å². The number of ketones is 1. The van der Waals surface area contributed by atoms with Gasteiger partial charge in [-0.05, 0) is 43.4 Å². The van der Waals surface area contributed by atoms with E-state index in [1.807, 2.05) is 0 Å². The zero-order valence-electron chi connectivity index (χ0n) is 12.7. The van der Waals surface area contributed by atoms with Crippen LogP contribution in [0.3, 0.4) is 0 Å². The van der Waals surface area contributed by atoms with Gasteiger partial charge in [-0.2, -0.15) is 0 Å². The van der Waals surface area contributed by atoms with Crippen LogP contribution in [0.4, 0.5) is 0 Å². The molecule has 0 aromatic carbocycles. The third-order valence-corrected chi connectivity index (χ3v) is 4.22. The zero-order valence-corrected chi connectivity index (χ0v) is 12.7. The highest BCUT2D eigenvalue weighted by atomic mass is 16.1. The van der Waals surface area contributed by atoms with E-state index in [2.05, 4.69) is 27.7 Å². The van der Waals surface area contributed by atoms with Crippen molar-refractivity contribution in [3.05, 3.63) is 0 Å². The van der Waals surface area contributed by atoms with Gasteiger partial charge in [0.15, 0.2) is 0 Å². The van der Waals surface area contributed by atoms with Crippen molar-refractivity contribution in [1.29, 1.82) is 0 Å². The minimum atomic E-state index is 0.0430. The minimum Gasteiger partial charge on any atom is -0.327 e. The summed E-state index contributed by atoms with van der Waals surface area (Å²) in [5.74, 6) is 1.58. The summed E-state index contributed by atoms with van der Waals surface area (Å²) in [6, 6.07) is 0.0430. The second-order valence-corrected chi connectivity index (χ2v) is 7.32. The van der Waals surface area contributed by atoms with Crippen molar-refractivity contribution in [1.82, 2.24) is 0 Å². The molecule has 1 rings (SSSR count). The summed E-state index contributed by atoms with van der Waals surface area (Å²) in [5.41, 5.74) is 6.32. The first-order valence-corrected chi connectivity index (χ1v) is 7.60. The van der Waals surface area contributed by atoms with Gasteiger partial charge < -0.3 is 5.73 Å². The zero-order chi connectivity index (χ0) is 13.8. The molecule has 0 aliphatic heterocycles. The molecule has 0 aromatic heterocycles. The summed E-state index contributed by atoms with van der Waals surface area (Å²) in [7, 11) is 0. The molecular formula is C16H31NO. The summed E-state index contributed by atoms with van der Waals surface area (Å²) >= 11 is 0. The first kappa shape index (κ1) is 15.7. The van der Waals surface area contributed by atoms with E-state index in [0.29, 0.717) is 18.1 Å². The maximum atomic E-state index is 12.2. The lowest BCUT2D eigenvalue weighted by Crippen LogP contribution is -2.32. The molecule has 0 spiro atoms. The van der Waals surface area contributed by atoms with Crippen LogP contribution in [0.25, 0.3) is 0 Å². The van der Waals surface area contributed by atoms with E-state index in [4.69, 9.17) is 5.73 Å². The quantitative estimate of drug-likeness (QED) is 0.807. The van der Waals surface area contributed by atoms with Gasteiger partial charge in [0.2, 0.25) is 0 Å². The highest BCUT2D eigenvalue weighted by Crippen LogP contribution is 2.32. The van der Waals surface area contributed by atoms with Gasteiger partial charge in [-0.15, -0.1) is 0 Å². The molecule has 0 saturated heterocycles. The number of nitrogens with two attached hydrogens (primary N) is 1. The standard InChI is InChI=1S/C16H31NO/c1-5-12-6-8-13(9-7-12)15(18)10-14(17)11-16(2,3)4/h12-14H,5-11,17H2,1-4H3. The molecule has 2 heteroatoms. The van der Waals surface area contributed by atoms with Gasteiger partial charge in [-0.1, -0.05) is 34.1 Å². The Morgan fingerprint density at radius 2 is 1.78 bits per heavy atom. The molecule has 0 amide bonds. The van der Waals surface area contributed by atoms with Crippen molar-refractivity contribution >= 4 is 5.78 Å². The molecule has 18 heavy (non-hydrogen) atoms. The van der Waals surface area contributed by atoms with Crippen LogP contribution >= 0.6 is 0 Å². The Kier molecular flexibility index (Phi) is 5.84. The van der Waals surface area contributed by atoms with Crippen LogP contribution in [0, 0.1) is 17.3 Å². The second-order valence-electron chi connectivity index (χ2n) is 7.32. The molecule has 0 radical (unpaired) electrons. The Morgan fingerprint density at radius 1 is 1.22 bits per heavy atom. The van der Waals surface area contributed by atoms with Crippen LogP contribution in [0.15, 0.2) is 0 Å². The van der Waals surface area contributed by atoms with Crippen molar-refractivity contribution in [2.24, 2.45) is 23.0 Å². The molecule has 0 bridgehead atoms. The predicted molar refractivity (Wildman–Crippen MR) is 77.4 cm³/mol. The molecule has 1 saturated carbocycles. The van der Waals surface area contributed by atoms with Crippen LogP contribution in [-0.4, -0.2) is 11.8 Å². The largest absolute Gasteiger partial charge is 0.327 e. The average Bonchev–Trinajstić information content (AvgIpc) is 2.26. The van der Waals surface area contributed by atoms with E-state index in [-0.39, 0.29) is 11.5 Å². The molecule has 0 aromatic rings. The van der Waals surface area contributed by atoms with Crippen molar-refractivity contribution < 1.29 is 4.79 Å². The van der Waals surface area contributed by atoms with Crippen molar-refractivity contribution in [3.8, 4) is 0 Å². The Hall–Kier alpha value is -0.370. The van der Waals surface area contributed by atoms with Crippen LogP contribution in [-0.2, 0) is 4.79 Å². The van der Waals surface area contributed by atoms with Crippen molar-refractivity contribution in [3.63, 3.8) is 0 Å². The molecule has 1 atom stereocenters. The van der Waals surface area contributed by atoms with Crippen LogP contribution in [0.2, 0.25) is 0 Å². The normalized spacial score (nSPS) is 26.9.